The van der Waals surface area contributed by atoms with E-state index in [0.717, 1.165) is 12.0 Å². The fourth-order valence-corrected chi connectivity index (χ4v) is 2.93. The van der Waals surface area contributed by atoms with Gasteiger partial charge in [-0.2, -0.15) is 0 Å². The third kappa shape index (κ3) is 2.86. The van der Waals surface area contributed by atoms with E-state index in [9.17, 15) is 9.59 Å². The molecule has 5 heteroatoms. The van der Waals surface area contributed by atoms with Gasteiger partial charge in [-0.15, -0.1) is 0 Å². The Bertz CT molecular complexity index is 603. The molecule has 0 aromatic heterocycles. The predicted molar refractivity (Wildman–Crippen MR) is 76.9 cm³/mol. The van der Waals surface area contributed by atoms with Crippen molar-refractivity contribution in [2.45, 2.75) is 45.3 Å². The van der Waals surface area contributed by atoms with Gasteiger partial charge in [0.25, 0.3) is 0 Å². The molecule has 1 aliphatic heterocycles. The van der Waals surface area contributed by atoms with Crippen LogP contribution in [0.25, 0.3) is 0 Å². The molecule has 21 heavy (non-hydrogen) atoms. The summed E-state index contributed by atoms with van der Waals surface area (Å²) in [5.41, 5.74) is 2.31. The van der Waals surface area contributed by atoms with E-state index >= 15 is 0 Å². The number of esters is 1. The van der Waals surface area contributed by atoms with Crippen LogP contribution in [0.3, 0.4) is 0 Å². The monoisotopic (exact) mass is 289 g/mol. The number of ether oxygens (including phenoxy) is 2. The lowest BCUT2D eigenvalue weighted by atomic mass is 10.0. The maximum atomic E-state index is 11.8. The Morgan fingerprint density at radius 2 is 2.10 bits per heavy atom. The number of carbonyl (C=O) groups is 2. The minimum atomic E-state index is -0.535. The molecule has 2 aliphatic rings. The third-order valence-electron chi connectivity index (χ3n) is 3.70. The number of amides is 1. The summed E-state index contributed by atoms with van der Waals surface area (Å²) in [5, 5.41) is 2.72. The summed E-state index contributed by atoms with van der Waals surface area (Å²) in [6, 6.07) is 5.71. The van der Waals surface area contributed by atoms with Crippen LogP contribution in [0.1, 0.15) is 44.4 Å². The molecule has 1 N–H and O–H groups in total. The van der Waals surface area contributed by atoms with Gasteiger partial charge in [0, 0.05) is 11.6 Å². The Kier molecular flexibility index (Phi) is 3.15. The molecule has 3 rings (SSSR count). The second-order valence-corrected chi connectivity index (χ2v) is 6.62. The second-order valence-electron chi connectivity index (χ2n) is 6.62. The van der Waals surface area contributed by atoms with Crippen molar-refractivity contribution in [3.8, 4) is 0 Å². The van der Waals surface area contributed by atoms with E-state index < -0.39 is 11.7 Å². The lowest BCUT2D eigenvalue weighted by molar-refractivity contribution is -0.141. The molecule has 1 fully saturated rings. The number of nitrogens with one attached hydrogen (secondary N) is 1. The van der Waals surface area contributed by atoms with E-state index in [0.29, 0.717) is 12.1 Å². The first-order valence-electron chi connectivity index (χ1n) is 7.14. The maximum absolute atomic E-state index is 11.8. The first kappa shape index (κ1) is 13.9. The van der Waals surface area contributed by atoms with Gasteiger partial charge in [-0.1, -0.05) is 6.07 Å². The van der Waals surface area contributed by atoms with Crippen molar-refractivity contribution in [3.63, 3.8) is 0 Å². The van der Waals surface area contributed by atoms with Crippen molar-refractivity contribution in [1.82, 2.24) is 0 Å². The van der Waals surface area contributed by atoms with Crippen LogP contribution in [-0.2, 0) is 20.7 Å². The fraction of sp³-hybridized carbons (Fsp3) is 0.500. The molecule has 1 aromatic rings. The number of anilines is 1. The van der Waals surface area contributed by atoms with E-state index in [2.05, 4.69) is 5.32 Å². The van der Waals surface area contributed by atoms with E-state index in [1.54, 1.807) is 0 Å². The van der Waals surface area contributed by atoms with E-state index in [1.807, 2.05) is 39.0 Å². The van der Waals surface area contributed by atoms with Gasteiger partial charge in [-0.3, -0.25) is 10.1 Å². The number of hydrogen-bond donors (Lipinski definition) is 1. The zero-order chi connectivity index (χ0) is 15.2. The standard InChI is InChI=1S/C16H19NO4/c1-16(2,3)21-15(19)17-11-5-4-9-6-10-7-13(18)20-14(10)12(9)8-11/h4-5,8,10,14H,6-7H2,1-3H3,(H,17,19)/t10-,14+/m0/s1. The summed E-state index contributed by atoms with van der Waals surface area (Å²) >= 11 is 0. The number of benzene rings is 1. The molecule has 1 heterocycles. The smallest absolute Gasteiger partial charge is 0.412 e. The minimum Gasteiger partial charge on any atom is -0.457 e. The molecule has 1 amide bonds. The maximum Gasteiger partial charge on any atom is 0.412 e. The molecule has 0 saturated carbocycles. The van der Waals surface area contributed by atoms with E-state index in [4.69, 9.17) is 9.47 Å². The van der Waals surface area contributed by atoms with Crippen molar-refractivity contribution >= 4 is 17.7 Å². The minimum absolute atomic E-state index is 0.138. The Morgan fingerprint density at radius 3 is 2.81 bits per heavy atom. The molecular formula is C16H19NO4. The largest absolute Gasteiger partial charge is 0.457 e. The fourth-order valence-electron chi connectivity index (χ4n) is 2.93. The summed E-state index contributed by atoms with van der Waals surface area (Å²) < 4.78 is 10.6. The molecule has 0 spiro atoms. The van der Waals surface area contributed by atoms with Crippen LogP contribution in [-0.4, -0.2) is 17.7 Å². The number of fused-ring (bicyclic) bond motifs is 3. The van der Waals surface area contributed by atoms with Gasteiger partial charge in [-0.25, -0.2) is 4.79 Å². The molecule has 1 aliphatic carbocycles. The summed E-state index contributed by atoms with van der Waals surface area (Å²) in [7, 11) is 0. The van der Waals surface area contributed by atoms with Crippen molar-refractivity contribution in [2.75, 3.05) is 5.32 Å². The average Bonchev–Trinajstić information content (AvgIpc) is 2.83. The van der Waals surface area contributed by atoms with Gasteiger partial charge in [0.1, 0.15) is 11.7 Å². The Labute approximate surface area is 123 Å². The van der Waals surface area contributed by atoms with Crippen molar-refractivity contribution < 1.29 is 19.1 Å². The highest BCUT2D eigenvalue weighted by Gasteiger charge is 2.42. The molecule has 112 valence electrons. The molecule has 1 aromatic carbocycles. The summed E-state index contributed by atoms with van der Waals surface area (Å²) in [6.07, 6.45) is 0.695. The highest BCUT2D eigenvalue weighted by Crippen LogP contribution is 2.45. The van der Waals surface area contributed by atoms with Gasteiger partial charge in [-0.05, 0) is 50.5 Å². The zero-order valence-corrected chi connectivity index (χ0v) is 12.4. The molecule has 0 radical (unpaired) electrons. The molecular weight excluding hydrogens is 270 g/mol. The molecule has 0 bridgehead atoms. The van der Waals surface area contributed by atoms with Crippen molar-refractivity contribution in [2.24, 2.45) is 5.92 Å². The summed E-state index contributed by atoms with van der Waals surface area (Å²) in [5.74, 6) is 0.102. The quantitative estimate of drug-likeness (QED) is 0.806. The van der Waals surface area contributed by atoms with E-state index in [1.165, 1.54) is 5.56 Å². The Balaban J connectivity index is 1.75. The first-order valence-corrected chi connectivity index (χ1v) is 7.14. The number of carbonyl (C=O) groups excluding carboxylic acids is 2. The van der Waals surface area contributed by atoms with Crippen LogP contribution in [0.2, 0.25) is 0 Å². The van der Waals surface area contributed by atoms with Crippen molar-refractivity contribution in [3.05, 3.63) is 29.3 Å². The highest BCUT2D eigenvalue weighted by molar-refractivity contribution is 5.85. The Hall–Kier alpha value is -2.04. The van der Waals surface area contributed by atoms with Crippen LogP contribution in [0.5, 0.6) is 0 Å². The molecule has 0 unspecified atom stereocenters. The molecule has 2 atom stereocenters. The average molecular weight is 289 g/mol. The SMILES string of the molecule is CC(C)(C)OC(=O)Nc1ccc2c(c1)[C@@H]1OC(=O)C[C@@H]1C2. The third-order valence-corrected chi connectivity index (χ3v) is 3.70. The van der Waals surface area contributed by atoms with Gasteiger partial charge in [0.15, 0.2) is 0 Å². The second kappa shape index (κ2) is 4.76. The topological polar surface area (TPSA) is 64.6 Å². The number of hydrogen-bond acceptors (Lipinski definition) is 4. The van der Waals surface area contributed by atoms with E-state index in [-0.39, 0.29) is 18.0 Å². The first-order chi connectivity index (χ1) is 9.82. The summed E-state index contributed by atoms with van der Waals surface area (Å²) in [4.78, 5) is 23.2. The normalized spacial score (nSPS) is 23.3. The van der Waals surface area contributed by atoms with Gasteiger partial charge in [0.2, 0.25) is 0 Å². The van der Waals surface area contributed by atoms with Gasteiger partial charge in [0.05, 0.1) is 6.42 Å². The molecule has 5 nitrogen and oxygen atoms in total. The molecule has 1 saturated heterocycles. The van der Waals surface area contributed by atoms with Gasteiger partial charge < -0.3 is 9.47 Å². The van der Waals surface area contributed by atoms with Crippen molar-refractivity contribution in [1.29, 1.82) is 0 Å². The van der Waals surface area contributed by atoms with Crippen LogP contribution in [0.4, 0.5) is 10.5 Å². The lowest BCUT2D eigenvalue weighted by Crippen LogP contribution is -2.27. The summed E-state index contributed by atoms with van der Waals surface area (Å²) in [6.45, 7) is 5.45. The lowest BCUT2D eigenvalue weighted by Gasteiger charge is -2.20. The van der Waals surface area contributed by atoms with Crippen LogP contribution >= 0.6 is 0 Å². The predicted octanol–water partition coefficient (Wildman–Crippen LogP) is 3.19. The highest BCUT2D eigenvalue weighted by atomic mass is 16.6. The number of rotatable bonds is 1. The van der Waals surface area contributed by atoms with Gasteiger partial charge >= 0.3 is 12.1 Å². The van der Waals surface area contributed by atoms with Crippen LogP contribution in [0.15, 0.2) is 18.2 Å². The zero-order valence-electron chi connectivity index (χ0n) is 12.4. The van der Waals surface area contributed by atoms with Crippen LogP contribution in [0, 0.1) is 5.92 Å². The van der Waals surface area contributed by atoms with Crippen LogP contribution < -0.4 is 5.32 Å². The Morgan fingerprint density at radius 1 is 1.33 bits per heavy atom.